The van der Waals surface area contributed by atoms with E-state index in [0.29, 0.717) is 11.5 Å². The van der Waals surface area contributed by atoms with Crippen LogP contribution in [0.3, 0.4) is 0 Å². The summed E-state index contributed by atoms with van der Waals surface area (Å²) in [5.74, 6) is 0. The molecule has 1 fully saturated rings. The standard InChI is InChI=1S/C12H24O2/c1-11(2)7-5-10(6-8-11)14-12(3,4)9-13/h10,13H,5-9H2,1-4H3. The third kappa shape index (κ3) is 3.58. The lowest BCUT2D eigenvalue weighted by atomic mass is 9.76. The molecule has 0 aliphatic heterocycles. The van der Waals surface area contributed by atoms with Gasteiger partial charge in [0.15, 0.2) is 0 Å². The highest BCUT2D eigenvalue weighted by Crippen LogP contribution is 2.37. The molecule has 0 spiro atoms. The fourth-order valence-corrected chi connectivity index (χ4v) is 1.98. The van der Waals surface area contributed by atoms with Gasteiger partial charge in [0.2, 0.25) is 0 Å². The van der Waals surface area contributed by atoms with Gasteiger partial charge in [-0.05, 0) is 44.9 Å². The average molecular weight is 200 g/mol. The minimum absolute atomic E-state index is 0.104. The molecule has 0 unspecified atom stereocenters. The first-order chi connectivity index (χ1) is 6.35. The summed E-state index contributed by atoms with van der Waals surface area (Å²) in [6.07, 6.45) is 5.09. The summed E-state index contributed by atoms with van der Waals surface area (Å²) in [5, 5.41) is 9.10. The van der Waals surface area contributed by atoms with Crippen molar-refractivity contribution in [1.82, 2.24) is 0 Å². The largest absolute Gasteiger partial charge is 0.393 e. The molecule has 1 N–H and O–H groups in total. The van der Waals surface area contributed by atoms with Crippen molar-refractivity contribution in [2.45, 2.75) is 65.1 Å². The zero-order chi connectivity index (χ0) is 10.8. The molecule has 0 amide bonds. The predicted octanol–water partition coefficient (Wildman–Crippen LogP) is 2.74. The SMILES string of the molecule is CC1(C)CCC(OC(C)(C)CO)CC1. The van der Waals surface area contributed by atoms with E-state index in [1.165, 1.54) is 12.8 Å². The zero-order valence-electron chi connectivity index (χ0n) is 9.97. The Bertz CT molecular complexity index is 175. The van der Waals surface area contributed by atoms with Gasteiger partial charge in [-0.2, -0.15) is 0 Å². The minimum atomic E-state index is -0.369. The van der Waals surface area contributed by atoms with Crippen LogP contribution in [0.25, 0.3) is 0 Å². The van der Waals surface area contributed by atoms with Crippen LogP contribution in [0.15, 0.2) is 0 Å². The smallest absolute Gasteiger partial charge is 0.0859 e. The molecule has 14 heavy (non-hydrogen) atoms. The lowest BCUT2D eigenvalue weighted by Crippen LogP contribution is -2.37. The van der Waals surface area contributed by atoms with Gasteiger partial charge in [-0.25, -0.2) is 0 Å². The molecule has 0 aromatic carbocycles. The molecule has 1 aliphatic carbocycles. The molecule has 0 aromatic rings. The Labute approximate surface area is 87.7 Å². The average Bonchev–Trinajstić information content (AvgIpc) is 2.09. The van der Waals surface area contributed by atoms with Crippen LogP contribution in [0.5, 0.6) is 0 Å². The molecular formula is C12H24O2. The van der Waals surface area contributed by atoms with Crippen LogP contribution in [-0.4, -0.2) is 23.4 Å². The summed E-state index contributed by atoms with van der Waals surface area (Å²) in [6, 6.07) is 0. The first-order valence-corrected chi connectivity index (χ1v) is 5.63. The first-order valence-electron chi connectivity index (χ1n) is 5.63. The summed E-state index contributed by atoms with van der Waals surface area (Å²) >= 11 is 0. The van der Waals surface area contributed by atoms with Crippen LogP contribution in [-0.2, 0) is 4.74 Å². The lowest BCUT2D eigenvalue weighted by molar-refractivity contribution is -0.116. The summed E-state index contributed by atoms with van der Waals surface area (Å²) < 4.78 is 5.87. The van der Waals surface area contributed by atoms with Crippen LogP contribution in [0.2, 0.25) is 0 Å². The number of hydrogen-bond donors (Lipinski definition) is 1. The van der Waals surface area contributed by atoms with Crippen LogP contribution >= 0.6 is 0 Å². The van der Waals surface area contributed by atoms with E-state index in [9.17, 15) is 0 Å². The van der Waals surface area contributed by atoms with Crippen molar-refractivity contribution < 1.29 is 9.84 Å². The third-order valence-electron chi connectivity index (χ3n) is 3.15. The number of aliphatic hydroxyl groups excluding tert-OH is 1. The molecule has 1 saturated carbocycles. The summed E-state index contributed by atoms with van der Waals surface area (Å²) in [7, 11) is 0. The Hall–Kier alpha value is -0.0800. The van der Waals surface area contributed by atoms with Gasteiger partial charge in [-0.1, -0.05) is 13.8 Å². The third-order valence-corrected chi connectivity index (χ3v) is 3.15. The number of aliphatic hydroxyl groups is 1. The summed E-state index contributed by atoms with van der Waals surface area (Å²) in [6.45, 7) is 8.65. The van der Waals surface area contributed by atoms with Gasteiger partial charge in [0.05, 0.1) is 18.3 Å². The van der Waals surface area contributed by atoms with Crippen molar-refractivity contribution in [3.05, 3.63) is 0 Å². The zero-order valence-corrected chi connectivity index (χ0v) is 9.97. The van der Waals surface area contributed by atoms with Crippen molar-refractivity contribution in [2.24, 2.45) is 5.41 Å². The van der Waals surface area contributed by atoms with E-state index < -0.39 is 0 Å². The monoisotopic (exact) mass is 200 g/mol. The van der Waals surface area contributed by atoms with Gasteiger partial charge >= 0.3 is 0 Å². The Kier molecular flexibility index (Phi) is 3.59. The molecule has 0 radical (unpaired) electrons. The summed E-state index contributed by atoms with van der Waals surface area (Å²) in [4.78, 5) is 0. The van der Waals surface area contributed by atoms with E-state index >= 15 is 0 Å². The van der Waals surface area contributed by atoms with E-state index in [4.69, 9.17) is 9.84 Å². The Morgan fingerprint density at radius 1 is 1.29 bits per heavy atom. The normalized spacial score (nSPS) is 23.8. The number of ether oxygens (including phenoxy) is 1. The van der Waals surface area contributed by atoms with Crippen molar-refractivity contribution in [1.29, 1.82) is 0 Å². The molecule has 0 heterocycles. The van der Waals surface area contributed by atoms with Crippen molar-refractivity contribution in [3.63, 3.8) is 0 Å². The molecule has 0 atom stereocenters. The van der Waals surface area contributed by atoms with Crippen molar-refractivity contribution >= 4 is 0 Å². The Balaban J connectivity index is 2.36. The quantitative estimate of drug-likeness (QED) is 0.759. The summed E-state index contributed by atoms with van der Waals surface area (Å²) in [5.41, 5.74) is 0.120. The van der Waals surface area contributed by atoms with E-state index in [-0.39, 0.29) is 12.2 Å². The molecule has 2 nitrogen and oxygen atoms in total. The second kappa shape index (κ2) is 4.19. The number of rotatable bonds is 3. The van der Waals surface area contributed by atoms with Gasteiger partial charge in [0.1, 0.15) is 0 Å². The molecule has 0 bridgehead atoms. The highest BCUT2D eigenvalue weighted by atomic mass is 16.5. The highest BCUT2D eigenvalue weighted by Gasteiger charge is 2.30. The highest BCUT2D eigenvalue weighted by molar-refractivity contribution is 4.81. The molecule has 0 saturated heterocycles. The van der Waals surface area contributed by atoms with E-state index in [1.807, 2.05) is 13.8 Å². The molecule has 84 valence electrons. The second-order valence-corrected chi connectivity index (χ2v) is 5.90. The Morgan fingerprint density at radius 2 is 1.79 bits per heavy atom. The van der Waals surface area contributed by atoms with Gasteiger partial charge in [-0.15, -0.1) is 0 Å². The first kappa shape index (κ1) is 12.0. The fourth-order valence-electron chi connectivity index (χ4n) is 1.98. The van der Waals surface area contributed by atoms with E-state index in [0.717, 1.165) is 12.8 Å². The predicted molar refractivity (Wildman–Crippen MR) is 58.3 cm³/mol. The molecule has 1 aliphatic rings. The molecular weight excluding hydrogens is 176 g/mol. The van der Waals surface area contributed by atoms with E-state index in [2.05, 4.69) is 13.8 Å². The Morgan fingerprint density at radius 3 is 2.21 bits per heavy atom. The maximum Gasteiger partial charge on any atom is 0.0859 e. The van der Waals surface area contributed by atoms with Gasteiger partial charge in [0, 0.05) is 0 Å². The minimum Gasteiger partial charge on any atom is -0.393 e. The van der Waals surface area contributed by atoms with Crippen molar-refractivity contribution in [3.8, 4) is 0 Å². The van der Waals surface area contributed by atoms with Gasteiger partial charge in [0.25, 0.3) is 0 Å². The maximum atomic E-state index is 9.10. The molecule has 2 heteroatoms. The van der Waals surface area contributed by atoms with E-state index in [1.54, 1.807) is 0 Å². The second-order valence-electron chi connectivity index (χ2n) is 5.90. The van der Waals surface area contributed by atoms with Gasteiger partial charge in [-0.3, -0.25) is 0 Å². The maximum absolute atomic E-state index is 9.10. The van der Waals surface area contributed by atoms with Gasteiger partial charge < -0.3 is 9.84 Å². The molecule has 1 rings (SSSR count). The molecule has 0 aromatic heterocycles. The topological polar surface area (TPSA) is 29.5 Å². The van der Waals surface area contributed by atoms with Crippen LogP contribution in [0.1, 0.15) is 53.4 Å². The van der Waals surface area contributed by atoms with Crippen LogP contribution < -0.4 is 0 Å². The van der Waals surface area contributed by atoms with Crippen molar-refractivity contribution in [2.75, 3.05) is 6.61 Å². The lowest BCUT2D eigenvalue weighted by Gasteiger charge is -2.37. The fraction of sp³-hybridized carbons (Fsp3) is 1.00. The van der Waals surface area contributed by atoms with Crippen LogP contribution in [0, 0.1) is 5.41 Å². The van der Waals surface area contributed by atoms with Crippen LogP contribution in [0.4, 0.5) is 0 Å². The number of hydrogen-bond acceptors (Lipinski definition) is 2.